The normalized spacial score (nSPS) is 10.8. The van der Waals surface area contributed by atoms with Gasteiger partial charge in [0.1, 0.15) is 11.5 Å². The zero-order chi connectivity index (χ0) is 26.0. The van der Waals surface area contributed by atoms with Crippen molar-refractivity contribution in [2.24, 2.45) is 7.05 Å². The molecule has 1 heterocycles. The summed E-state index contributed by atoms with van der Waals surface area (Å²) in [6, 6.07) is 17.4. The number of anilines is 1. The van der Waals surface area contributed by atoms with Crippen LogP contribution in [-0.4, -0.2) is 10.5 Å². The van der Waals surface area contributed by atoms with Crippen molar-refractivity contribution in [3.8, 4) is 22.6 Å². The Morgan fingerprint density at radius 3 is 2.42 bits per heavy atom. The van der Waals surface area contributed by atoms with Crippen molar-refractivity contribution < 1.29 is 9.53 Å². The molecule has 0 spiro atoms. The number of carbonyl (C=O) groups excluding carboxylic acids is 1. The Kier molecular flexibility index (Phi) is 6.93. The molecule has 0 unspecified atom stereocenters. The number of ether oxygens (including phenoxy) is 1. The maximum atomic E-state index is 13.1. The molecule has 0 aliphatic rings. The van der Waals surface area contributed by atoms with Gasteiger partial charge in [-0.1, -0.05) is 49.1 Å². The maximum absolute atomic E-state index is 13.1. The molecule has 1 N–H and O–H groups in total. The average Bonchev–Trinajstić information content (AvgIpc) is 2.84. The van der Waals surface area contributed by atoms with Gasteiger partial charge in [0.2, 0.25) is 5.91 Å². The number of rotatable bonds is 7. The zero-order valence-electron chi connectivity index (χ0n) is 21.1. The first-order valence-corrected chi connectivity index (χ1v) is 11.8. The Balaban J connectivity index is 1.97. The van der Waals surface area contributed by atoms with Crippen LogP contribution in [-0.2, 0) is 18.3 Å². The molecule has 0 atom stereocenters. The van der Waals surface area contributed by atoms with E-state index in [4.69, 9.17) is 4.74 Å². The van der Waals surface area contributed by atoms with E-state index in [2.05, 4.69) is 18.5 Å². The molecular weight excluding hydrogens is 448 g/mol. The fourth-order valence-electron chi connectivity index (χ4n) is 4.36. The van der Waals surface area contributed by atoms with Gasteiger partial charge in [-0.3, -0.25) is 9.59 Å². The number of fused-ring (bicyclic) bond motifs is 1. The van der Waals surface area contributed by atoms with Crippen molar-refractivity contribution in [3.05, 3.63) is 113 Å². The van der Waals surface area contributed by atoms with Gasteiger partial charge in [-0.15, -0.1) is 0 Å². The second kappa shape index (κ2) is 10.1. The number of nitrogens with zero attached hydrogens (tertiary/aromatic N) is 1. The van der Waals surface area contributed by atoms with Gasteiger partial charge < -0.3 is 14.6 Å². The standard InChI is InChI=1S/C31H30N2O3/c1-7-29(34)32-23-12-14-28(36-30-20(4)9-8-10-21(30)5)25(17-23)27-18-33(6)31(35)26-16-22(15-19(2)3)11-13-24(26)27/h7-14,16-18H,1-2,15H2,3-6H3,(H,32,34). The second-order valence-corrected chi connectivity index (χ2v) is 9.20. The maximum Gasteiger partial charge on any atom is 0.258 e. The summed E-state index contributed by atoms with van der Waals surface area (Å²) >= 11 is 0. The van der Waals surface area contributed by atoms with Crippen LogP contribution in [0.15, 0.2) is 90.4 Å². The van der Waals surface area contributed by atoms with Crippen LogP contribution in [0.5, 0.6) is 11.5 Å². The summed E-state index contributed by atoms with van der Waals surface area (Å²) in [7, 11) is 1.74. The van der Waals surface area contributed by atoms with Gasteiger partial charge in [-0.25, -0.2) is 0 Å². The third kappa shape index (κ3) is 5.01. The molecule has 0 saturated carbocycles. The Morgan fingerprint density at radius 2 is 1.75 bits per heavy atom. The van der Waals surface area contributed by atoms with Gasteiger partial charge in [0.05, 0.1) is 0 Å². The van der Waals surface area contributed by atoms with E-state index >= 15 is 0 Å². The lowest BCUT2D eigenvalue weighted by Crippen LogP contribution is -2.17. The third-order valence-electron chi connectivity index (χ3n) is 6.10. The average molecular weight is 479 g/mol. The molecule has 1 aromatic heterocycles. The van der Waals surface area contributed by atoms with Gasteiger partial charge in [0, 0.05) is 35.4 Å². The molecular formula is C31H30N2O3. The van der Waals surface area contributed by atoms with Crippen molar-refractivity contribution in [2.75, 3.05) is 5.32 Å². The Hall–Kier alpha value is -4.38. The molecule has 36 heavy (non-hydrogen) atoms. The summed E-state index contributed by atoms with van der Waals surface area (Å²) in [5.74, 6) is 1.09. The minimum atomic E-state index is -0.306. The highest BCUT2D eigenvalue weighted by Crippen LogP contribution is 2.40. The molecule has 0 radical (unpaired) electrons. The number of carbonyl (C=O) groups is 1. The summed E-state index contributed by atoms with van der Waals surface area (Å²) in [5.41, 5.74) is 6.19. The SMILES string of the molecule is C=CC(=O)Nc1ccc(Oc2c(C)cccc2C)c(-c2cn(C)c(=O)c3cc(CC(=C)C)ccc23)c1. The molecule has 5 nitrogen and oxygen atoms in total. The van der Waals surface area contributed by atoms with Gasteiger partial charge >= 0.3 is 0 Å². The minimum Gasteiger partial charge on any atom is -0.456 e. The van der Waals surface area contributed by atoms with Crippen molar-refractivity contribution in [2.45, 2.75) is 27.2 Å². The Bertz CT molecular complexity index is 1560. The highest BCUT2D eigenvalue weighted by Gasteiger charge is 2.17. The van der Waals surface area contributed by atoms with Crippen LogP contribution < -0.4 is 15.6 Å². The van der Waals surface area contributed by atoms with Crippen LogP contribution in [0.4, 0.5) is 5.69 Å². The van der Waals surface area contributed by atoms with Gasteiger partial charge in [-0.05, 0) is 79.6 Å². The number of pyridine rings is 1. The van der Waals surface area contributed by atoms with Gasteiger partial charge in [0.25, 0.3) is 5.56 Å². The number of nitrogens with one attached hydrogen (secondary N) is 1. The number of aryl methyl sites for hydroxylation is 3. The van der Waals surface area contributed by atoms with Crippen LogP contribution in [0.1, 0.15) is 23.6 Å². The summed E-state index contributed by atoms with van der Waals surface area (Å²) in [5, 5.41) is 4.25. The number of benzene rings is 3. The number of aromatic nitrogens is 1. The molecule has 0 aliphatic carbocycles. The number of para-hydroxylation sites is 1. The van der Waals surface area contributed by atoms with E-state index in [0.29, 0.717) is 23.2 Å². The zero-order valence-corrected chi connectivity index (χ0v) is 21.1. The lowest BCUT2D eigenvalue weighted by molar-refractivity contribution is -0.111. The monoisotopic (exact) mass is 478 g/mol. The first kappa shape index (κ1) is 24.7. The van der Waals surface area contributed by atoms with E-state index in [1.165, 1.54) is 6.08 Å². The number of amides is 1. The summed E-state index contributed by atoms with van der Waals surface area (Å²) < 4.78 is 8.06. The fraction of sp³-hybridized carbons (Fsp3) is 0.161. The lowest BCUT2D eigenvalue weighted by Gasteiger charge is -2.18. The van der Waals surface area contributed by atoms with Crippen molar-refractivity contribution >= 4 is 22.4 Å². The second-order valence-electron chi connectivity index (χ2n) is 9.20. The van der Waals surface area contributed by atoms with Crippen LogP contribution in [0.25, 0.3) is 21.9 Å². The van der Waals surface area contributed by atoms with Crippen molar-refractivity contribution in [1.29, 1.82) is 0 Å². The van der Waals surface area contributed by atoms with E-state index in [0.717, 1.165) is 44.5 Å². The molecule has 182 valence electrons. The first-order valence-electron chi connectivity index (χ1n) is 11.8. The molecule has 4 aromatic rings. The van der Waals surface area contributed by atoms with E-state index in [9.17, 15) is 9.59 Å². The topological polar surface area (TPSA) is 60.3 Å². The number of hydrogen-bond acceptors (Lipinski definition) is 3. The van der Waals surface area contributed by atoms with Gasteiger partial charge in [0.15, 0.2) is 0 Å². The predicted octanol–water partition coefficient (Wildman–Crippen LogP) is 6.86. The molecule has 0 fully saturated rings. The highest BCUT2D eigenvalue weighted by molar-refractivity contribution is 6.01. The van der Waals surface area contributed by atoms with Crippen molar-refractivity contribution in [1.82, 2.24) is 4.57 Å². The van der Waals surface area contributed by atoms with E-state index in [-0.39, 0.29) is 11.5 Å². The molecule has 1 amide bonds. The van der Waals surface area contributed by atoms with Crippen LogP contribution in [0.2, 0.25) is 0 Å². The summed E-state index contributed by atoms with van der Waals surface area (Å²) in [6.45, 7) is 13.5. The number of allylic oxidation sites excluding steroid dienone is 1. The fourth-order valence-corrected chi connectivity index (χ4v) is 4.36. The molecule has 0 aliphatic heterocycles. The molecule has 4 rings (SSSR count). The molecule has 0 saturated heterocycles. The van der Waals surface area contributed by atoms with Crippen LogP contribution in [0.3, 0.4) is 0 Å². The Labute approximate surface area is 211 Å². The smallest absolute Gasteiger partial charge is 0.258 e. The van der Waals surface area contributed by atoms with Crippen molar-refractivity contribution in [3.63, 3.8) is 0 Å². The van der Waals surface area contributed by atoms with E-state index in [1.54, 1.807) is 17.7 Å². The summed E-state index contributed by atoms with van der Waals surface area (Å²) in [6.07, 6.45) is 3.74. The Morgan fingerprint density at radius 1 is 1.03 bits per heavy atom. The largest absolute Gasteiger partial charge is 0.456 e. The van der Waals surface area contributed by atoms with E-state index < -0.39 is 0 Å². The minimum absolute atomic E-state index is 0.0781. The van der Waals surface area contributed by atoms with Crippen LogP contribution in [0, 0.1) is 13.8 Å². The molecule has 5 heteroatoms. The third-order valence-corrected chi connectivity index (χ3v) is 6.10. The highest BCUT2D eigenvalue weighted by atomic mass is 16.5. The summed E-state index contributed by atoms with van der Waals surface area (Å²) in [4.78, 5) is 25.1. The molecule has 3 aromatic carbocycles. The van der Waals surface area contributed by atoms with E-state index in [1.807, 2.05) is 75.5 Å². The first-order chi connectivity index (χ1) is 17.2. The quantitative estimate of drug-likeness (QED) is 0.233. The lowest BCUT2D eigenvalue weighted by atomic mass is 9.96. The van der Waals surface area contributed by atoms with Gasteiger partial charge in [-0.2, -0.15) is 0 Å². The predicted molar refractivity (Wildman–Crippen MR) is 148 cm³/mol. The number of hydrogen-bond donors (Lipinski definition) is 1. The molecule has 0 bridgehead atoms. The van der Waals surface area contributed by atoms with Crippen LogP contribution >= 0.6 is 0 Å².